The number of carbonyl (C=O) groups excluding carboxylic acids is 2. The fourth-order valence-electron chi connectivity index (χ4n) is 3.04. The van der Waals surface area contributed by atoms with Crippen LogP contribution >= 0.6 is 0 Å². The summed E-state index contributed by atoms with van der Waals surface area (Å²) in [5, 5.41) is 0. The highest BCUT2D eigenvalue weighted by atomic mass is 16.5. The molecule has 0 N–H and O–H groups in total. The third-order valence-corrected chi connectivity index (χ3v) is 4.18. The van der Waals surface area contributed by atoms with E-state index in [0.29, 0.717) is 39.2 Å². The molecule has 1 saturated heterocycles. The molecule has 1 atom stereocenters. The van der Waals surface area contributed by atoms with E-state index in [2.05, 4.69) is 6.58 Å². The maximum Gasteiger partial charge on any atom is 0.228 e. The van der Waals surface area contributed by atoms with Gasteiger partial charge in [-0.15, -0.1) is 6.58 Å². The molecule has 0 bridgehead atoms. The molecule has 1 aromatic rings. The molecular weight excluding hydrogens is 280 g/mol. The summed E-state index contributed by atoms with van der Waals surface area (Å²) in [7, 11) is 0. The monoisotopic (exact) mass is 300 g/mol. The molecule has 2 amide bonds. The molecule has 0 radical (unpaired) electrons. The van der Waals surface area contributed by atoms with Gasteiger partial charge < -0.3 is 14.5 Å². The standard InChI is InChI=1S/C17H20N2O3/c1-2-7-18-12-14(10-16(18)20)17(21)19-8-9-22-15-6-4-3-5-13(15)11-19/h2-6,14H,1,7-12H2. The molecule has 1 unspecified atom stereocenters. The molecule has 5 heteroatoms. The maximum atomic E-state index is 12.7. The van der Waals surface area contributed by atoms with Gasteiger partial charge in [-0.05, 0) is 6.07 Å². The predicted octanol–water partition coefficient (Wildman–Crippen LogP) is 1.44. The maximum absolute atomic E-state index is 12.7. The van der Waals surface area contributed by atoms with Crippen LogP contribution in [0.1, 0.15) is 12.0 Å². The van der Waals surface area contributed by atoms with Gasteiger partial charge in [0.05, 0.1) is 12.5 Å². The topological polar surface area (TPSA) is 49.9 Å². The lowest BCUT2D eigenvalue weighted by Gasteiger charge is -2.23. The third-order valence-electron chi connectivity index (χ3n) is 4.18. The van der Waals surface area contributed by atoms with Gasteiger partial charge in [0, 0.05) is 31.6 Å². The van der Waals surface area contributed by atoms with Crippen molar-refractivity contribution in [3.63, 3.8) is 0 Å². The van der Waals surface area contributed by atoms with Crippen molar-refractivity contribution in [3.05, 3.63) is 42.5 Å². The second-order valence-corrected chi connectivity index (χ2v) is 5.70. The van der Waals surface area contributed by atoms with E-state index < -0.39 is 0 Å². The van der Waals surface area contributed by atoms with Crippen LogP contribution in [0.5, 0.6) is 5.75 Å². The van der Waals surface area contributed by atoms with Crippen LogP contribution in [0, 0.1) is 5.92 Å². The SMILES string of the molecule is C=CCN1CC(C(=O)N2CCOc3ccccc3C2)CC1=O. The van der Waals surface area contributed by atoms with Crippen molar-refractivity contribution in [2.24, 2.45) is 5.92 Å². The van der Waals surface area contributed by atoms with Crippen LogP contribution in [0.25, 0.3) is 0 Å². The summed E-state index contributed by atoms with van der Waals surface area (Å²) in [6.45, 7) is 6.23. The van der Waals surface area contributed by atoms with Gasteiger partial charge in [-0.2, -0.15) is 0 Å². The summed E-state index contributed by atoms with van der Waals surface area (Å²) in [6, 6.07) is 7.78. The minimum Gasteiger partial charge on any atom is -0.491 e. The number of likely N-dealkylation sites (tertiary alicyclic amines) is 1. The minimum absolute atomic E-state index is 0.0322. The van der Waals surface area contributed by atoms with Crippen molar-refractivity contribution in [3.8, 4) is 5.75 Å². The van der Waals surface area contributed by atoms with E-state index in [1.165, 1.54) is 0 Å². The molecule has 0 spiro atoms. The van der Waals surface area contributed by atoms with E-state index in [4.69, 9.17) is 4.74 Å². The lowest BCUT2D eigenvalue weighted by molar-refractivity contribution is -0.136. The molecule has 0 saturated carbocycles. The molecule has 116 valence electrons. The Balaban J connectivity index is 1.70. The molecule has 2 aliphatic heterocycles. The van der Waals surface area contributed by atoms with Gasteiger partial charge >= 0.3 is 0 Å². The van der Waals surface area contributed by atoms with Crippen molar-refractivity contribution >= 4 is 11.8 Å². The Bertz CT molecular complexity index is 599. The first kappa shape index (κ1) is 14.6. The number of amides is 2. The highest BCUT2D eigenvalue weighted by Gasteiger charge is 2.36. The highest BCUT2D eigenvalue weighted by Crippen LogP contribution is 2.25. The van der Waals surface area contributed by atoms with Gasteiger partial charge in [0.25, 0.3) is 0 Å². The Hall–Kier alpha value is -2.30. The second kappa shape index (κ2) is 6.22. The Kier molecular flexibility index (Phi) is 4.13. The summed E-state index contributed by atoms with van der Waals surface area (Å²) >= 11 is 0. The molecule has 2 heterocycles. The van der Waals surface area contributed by atoms with Crippen molar-refractivity contribution in [2.45, 2.75) is 13.0 Å². The summed E-state index contributed by atoms with van der Waals surface area (Å²) < 4.78 is 5.69. The smallest absolute Gasteiger partial charge is 0.228 e. The fraction of sp³-hybridized carbons (Fsp3) is 0.412. The number of para-hydroxylation sites is 1. The van der Waals surface area contributed by atoms with Crippen molar-refractivity contribution in [1.29, 1.82) is 0 Å². The first-order valence-corrected chi connectivity index (χ1v) is 7.57. The Morgan fingerprint density at radius 1 is 1.41 bits per heavy atom. The Labute approximate surface area is 130 Å². The van der Waals surface area contributed by atoms with Gasteiger partial charge in [0.15, 0.2) is 0 Å². The van der Waals surface area contributed by atoms with E-state index in [9.17, 15) is 9.59 Å². The first-order valence-electron chi connectivity index (χ1n) is 7.57. The molecule has 3 rings (SSSR count). The number of ether oxygens (including phenoxy) is 1. The molecule has 22 heavy (non-hydrogen) atoms. The van der Waals surface area contributed by atoms with Crippen LogP contribution < -0.4 is 4.74 Å². The van der Waals surface area contributed by atoms with Crippen LogP contribution in [0.4, 0.5) is 0 Å². The highest BCUT2D eigenvalue weighted by molar-refractivity contribution is 5.89. The van der Waals surface area contributed by atoms with Crippen LogP contribution in [0.2, 0.25) is 0 Å². The van der Waals surface area contributed by atoms with E-state index in [1.807, 2.05) is 24.3 Å². The normalized spacial score (nSPS) is 21.1. The number of rotatable bonds is 3. The van der Waals surface area contributed by atoms with Gasteiger partial charge in [0.1, 0.15) is 12.4 Å². The zero-order valence-corrected chi connectivity index (χ0v) is 12.5. The van der Waals surface area contributed by atoms with Gasteiger partial charge in [-0.3, -0.25) is 9.59 Å². The molecule has 0 aromatic heterocycles. The molecule has 5 nitrogen and oxygen atoms in total. The zero-order valence-electron chi connectivity index (χ0n) is 12.5. The van der Waals surface area contributed by atoms with Crippen LogP contribution in [-0.4, -0.2) is 47.9 Å². The molecule has 1 fully saturated rings. The second-order valence-electron chi connectivity index (χ2n) is 5.70. The molecule has 2 aliphatic rings. The number of hydrogen-bond acceptors (Lipinski definition) is 3. The Morgan fingerprint density at radius 3 is 3.05 bits per heavy atom. The third kappa shape index (κ3) is 2.84. The number of benzene rings is 1. The van der Waals surface area contributed by atoms with Gasteiger partial charge in [-0.1, -0.05) is 24.3 Å². The fourth-order valence-corrected chi connectivity index (χ4v) is 3.04. The predicted molar refractivity (Wildman–Crippen MR) is 82.2 cm³/mol. The van der Waals surface area contributed by atoms with Crippen LogP contribution in [0.3, 0.4) is 0 Å². The first-order chi connectivity index (χ1) is 10.7. The molecular formula is C17H20N2O3. The molecule has 0 aliphatic carbocycles. The van der Waals surface area contributed by atoms with Crippen LogP contribution in [0.15, 0.2) is 36.9 Å². The number of nitrogens with zero attached hydrogens (tertiary/aromatic N) is 2. The van der Waals surface area contributed by atoms with E-state index in [-0.39, 0.29) is 17.7 Å². The summed E-state index contributed by atoms with van der Waals surface area (Å²) in [5.41, 5.74) is 1.01. The zero-order chi connectivity index (χ0) is 15.5. The van der Waals surface area contributed by atoms with Crippen molar-refractivity contribution in [1.82, 2.24) is 9.80 Å². The van der Waals surface area contributed by atoms with Crippen molar-refractivity contribution < 1.29 is 14.3 Å². The summed E-state index contributed by atoms with van der Waals surface area (Å²) in [6.07, 6.45) is 1.99. The van der Waals surface area contributed by atoms with Gasteiger partial charge in [0.2, 0.25) is 11.8 Å². The molecule has 1 aromatic carbocycles. The quantitative estimate of drug-likeness (QED) is 0.794. The number of hydrogen-bond donors (Lipinski definition) is 0. The lowest BCUT2D eigenvalue weighted by Crippen LogP contribution is -2.38. The van der Waals surface area contributed by atoms with Crippen molar-refractivity contribution in [2.75, 3.05) is 26.2 Å². The number of carbonyl (C=O) groups is 2. The van der Waals surface area contributed by atoms with Gasteiger partial charge in [-0.25, -0.2) is 0 Å². The summed E-state index contributed by atoms with van der Waals surface area (Å²) in [5.74, 6) is 0.663. The van der Waals surface area contributed by atoms with E-state index in [0.717, 1.165) is 11.3 Å². The van der Waals surface area contributed by atoms with Crippen LogP contribution in [-0.2, 0) is 16.1 Å². The minimum atomic E-state index is -0.252. The average Bonchev–Trinajstić information content (AvgIpc) is 2.76. The van der Waals surface area contributed by atoms with E-state index >= 15 is 0 Å². The average molecular weight is 300 g/mol. The lowest BCUT2D eigenvalue weighted by atomic mass is 10.1. The Morgan fingerprint density at radius 2 is 2.23 bits per heavy atom. The largest absolute Gasteiger partial charge is 0.491 e. The summed E-state index contributed by atoms with van der Waals surface area (Å²) in [4.78, 5) is 28.1. The van der Waals surface area contributed by atoms with E-state index in [1.54, 1.807) is 15.9 Å². The number of fused-ring (bicyclic) bond motifs is 1.